The Kier molecular flexibility index (Phi) is 3.53. The van der Waals surface area contributed by atoms with E-state index in [-0.39, 0.29) is 15.7 Å². The average molecular weight is 313 g/mol. The lowest BCUT2D eigenvalue weighted by atomic mass is 10.1. The second-order valence-corrected chi connectivity index (χ2v) is 4.85. The number of rotatable bonds is 2. The maximum atomic E-state index is 14.1. The van der Waals surface area contributed by atoms with Gasteiger partial charge in [0.05, 0.1) is 15.7 Å². The van der Waals surface area contributed by atoms with E-state index in [1.807, 2.05) is 6.07 Å². The Bertz CT molecular complexity index is 542. The molecule has 1 saturated heterocycles. The van der Waals surface area contributed by atoms with Crippen LogP contribution in [0, 0.1) is 17.1 Å². The molecule has 1 unspecified atom stereocenters. The summed E-state index contributed by atoms with van der Waals surface area (Å²) in [4.78, 5) is 12.6. The van der Waals surface area contributed by atoms with E-state index in [2.05, 4.69) is 15.9 Å². The SMILES string of the molecule is N#Cc1ccc(N2CCCC2C(=O)O)c(F)c1Br. The van der Waals surface area contributed by atoms with Crippen LogP contribution in [0.5, 0.6) is 0 Å². The van der Waals surface area contributed by atoms with Crippen LogP contribution < -0.4 is 4.90 Å². The lowest BCUT2D eigenvalue weighted by Gasteiger charge is -2.24. The van der Waals surface area contributed by atoms with Gasteiger partial charge in [0.15, 0.2) is 5.82 Å². The molecule has 0 aliphatic carbocycles. The monoisotopic (exact) mass is 312 g/mol. The van der Waals surface area contributed by atoms with E-state index in [4.69, 9.17) is 10.4 Å². The predicted octanol–water partition coefficient (Wildman–Crippen LogP) is 2.51. The molecule has 1 aromatic carbocycles. The number of aliphatic carboxylic acids is 1. The Morgan fingerprint density at radius 1 is 1.61 bits per heavy atom. The summed E-state index contributed by atoms with van der Waals surface area (Å²) in [5, 5.41) is 17.9. The van der Waals surface area contributed by atoms with E-state index in [9.17, 15) is 9.18 Å². The van der Waals surface area contributed by atoms with Gasteiger partial charge >= 0.3 is 5.97 Å². The fourth-order valence-corrected chi connectivity index (χ4v) is 2.58. The van der Waals surface area contributed by atoms with Crippen molar-refractivity contribution in [1.82, 2.24) is 0 Å². The second-order valence-electron chi connectivity index (χ2n) is 4.06. The van der Waals surface area contributed by atoms with Crippen LogP contribution in [0.25, 0.3) is 0 Å². The smallest absolute Gasteiger partial charge is 0.326 e. The highest BCUT2D eigenvalue weighted by Gasteiger charge is 2.32. The van der Waals surface area contributed by atoms with Crippen molar-refractivity contribution in [1.29, 1.82) is 5.26 Å². The summed E-state index contributed by atoms with van der Waals surface area (Å²) < 4.78 is 14.2. The first kappa shape index (κ1) is 12.8. The summed E-state index contributed by atoms with van der Waals surface area (Å²) in [6.07, 6.45) is 1.22. The van der Waals surface area contributed by atoms with Crippen molar-refractivity contribution in [2.45, 2.75) is 18.9 Å². The number of nitriles is 1. The number of benzene rings is 1. The van der Waals surface area contributed by atoms with E-state index in [1.165, 1.54) is 17.0 Å². The highest BCUT2D eigenvalue weighted by atomic mass is 79.9. The maximum Gasteiger partial charge on any atom is 0.326 e. The van der Waals surface area contributed by atoms with E-state index < -0.39 is 17.8 Å². The number of hydrogen-bond acceptors (Lipinski definition) is 3. The predicted molar refractivity (Wildman–Crippen MR) is 66.8 cm³/mol. The van der Waals surface area contributed by atoms with Gasteiger partial charge in [-0.05, 0) is 40.9 Å². The van der Waals surface area contributed by atoms with Crippen LogP contribution in [0.2, 0.25) is 0 Å². The summed E-state index contributed by atoms with van der Waals surface area (Å²) in [7, 11) is 0. The summed E-state index contributed by atoms with van der Waals surface area (Å²) in [6, 6.07) is 4.12. The van der Waals surface area contributed by atoms with E-state index >= 15 is 0 Å². The van der Waals surface area contributed by atoms with Crippen LogP contribution in [0.1, 0.15) is 18.4 Å². The summed E-state index contributed by atoms with van der Waals surface area (Å²) in [5.74, 6) is -1.53. The molecule has 1 N–H and O–H groups in total. The molecule has 94 valence electrons. The molecule has 1 atom stereocenters. The lowest BCUT2D eigenvalue weighted by molar-refractivity contribution is -0.138. The summed E-state index contributed by atoms with van der Waals surface area (Å²) in [5.41, 5.74) is 0.424. The molecule has 4 nitrogen and oxygen atoms in total. The Labute approximate surface area is 112 Å². The van der Waals surface area contributed by atoms with Gasteiger partial charge < -0.3 is 10.0 Å². The zero-order chi connectivity index (χ0) is 13.3. The van der Waals surface area contributed by atoms with Crippen LogP contribution in [0.4, 0.5) is 10.1 Å². The number of hydrogen-bond donors (Lipinski definition) is 1. The Morgan fingerprint density at radius 3 is 2.94 bits per heavy atom. The quantitative estimate of drug-likeness (QED) is 0.911. The van der Waals surface area contributed by atoms with Crippen molar-refractivity contribution in [3.63, 3.8) is 0 Å². The average Bonchev–Trinajstić information content (AvgIpc) is 2.81. The summed E-state index contributed by atoms with van der Waals surface area (Å²) >= 11 is 3.02. The molecule has 0 radical (unpaired) electrons. The fraction of sp³-hybridized carbons (Fsp3) is 0.333. The van der Waals surface area contributed by atoms with Gasteiger partial charge in [-0.25, -0.2) is 9.18 Å². The molecule has 0 aromatic heterocycles. The fourth-order valence-electron chi connectivity index (χ4n) is 2.16. The van der Waals surface area contributed by atoms with Gasteiger partial charge in [0.25, 0.3) is 0 Å². The molecule has 1 aliphatic heterocycles. The van der Waals surface area contributed by atoms with Gasteiger partial charge in [-0.1, -0.05) is 0 Å². The Hall–Kier alpha value is -1.61. The molecule has 1 aromatic rings. The van der Waals surface area contributed by atoms with Crippen molar-refractivity contribution in [2.75, 3.05) is 11.4 Å². The third kappa shape index (κ3) is 2.06. The van der Waals surface area contributed by atoms with Gasteiger partial charge in [0, 0.05) is 6.54 Å². The van der Waals surface area contributed by atoms with Gasteiger partial charge in [-0.2, -0.15) is 5.26 Å². The zero-order valence-electron chi connectivity index (χ0n) is 9.36. The highest BCUT2D eigenvalue weighted by Crippen LogP contribution is 2.33. The third-order valence-corrected chi connectivity index (χ3v) is 3.80. The molecule has 6 heteroatoms. The minimum absolute atomic E-state index is 0.0820. The van der Waals surface area contributed by atoms with Gasteiger partial charge in [-0.15, -0.1) is 0 Å². The normalized spacial score (nSPS) is 18.7. The van der Waals surface area contributed by atoms with E-state index in [0.29, 0.717) is 19.4 Å². The van der Waals surface area contributed by atoms with Crippen LogP contribution in [0.15, 0.2) is 16.6 Å². The molecule has 1 aliphatic rings. The van der Waals surface area contributed by atoms with Gasteiger partial charge in [-0.3, -0.25) is 0 Å². The van der Waals surface area contributed by atoms with Gasteiger partial charge in [0.2, 0.25) is 0 Å². The van der Waals surface area contributed by atoms with Crippen molar-refractivity contribution < 1.29 is 14.3 Å². The molecular formula is C12H10BrFN2O2. The first-order valence-corrected chi connectivity index (χ1v) is 6.23. The minimum Gasteiger partial charge on any atom is -0.480 e. The van der Waals surface area contributed by atoms with Crippen molar-refractivity contribution in [3.8, 4) is 6.07 Å². The number of carboxylic acids is 1. The number of carbonyl (C=O) groups is 1. The molecule has 0 spiro atoms. The number of halogens is 2. The molecule has 18 heavy (non-hydrogen) atoms. The number of carboxylic acid groups (broad SMARTS) is 1. The third-order valence-electron chi connectivity index (χ3n) is 3.03. The number of anilines is 1. The molecule has 0 bridgehead atoms. The van der Waals surface area contributed by atoms with Crippen LogP contribution in [-0.4, -0.2) is 23.7 Å². The second kappa shape index (κ2) is 4.94. The largest absolute Gasteiger partial charge is 0.480 e. The van der Waals surface area contributed by atoms with Crippen molar-refractivity contribution in [3.05, 3.63) is 28.0 Å². The standard InChI is InChI=1S/C12H10BrFN2O2/c13-10-7(6-15)3-4-8(11(10)14)16-5-1-2-9(16)12(17)18/h3-4,9H,1-2,5H2,(H,17,18). The van der Waals surface area contributed by atoms with Crippen LogP contribution >= 0.6 is 15.9 Å². The first-order valence-electron chi connectivity index (χ1n) is 5.43. The van der Waals surface area contributed by atoms with E-state index in [1.54, 1.807) is 0 Å². The number of nitrogens with zero attached hydrogens (tertiary/aromatic N) is 2. The molecule has 0 amide bonds. The Balaban J connectivity index is 2.43. The topological polar surface area (TPSA) is 64.3 Å². The lowest BCUT2D eigenvalue weighted by Crippen LogP contribution is -2.36. The van der Waals surface area contributed by atoms with Gasteiger partial charge in [0.1, 0.15) is 12.1 Å². The molecular weight excluding hydrogens is 303 g/mol. The molecule has 2 rings (SSSR count). The van der Waals surface area contributed by atoms with E-state index in [0.717, 1.165) is 0 Å². The minimum atomic E-state index is -0.951. The molecule has 1 heterocycles. The maximum absolute atomic E-state index is 14.1. The molecule has 0 saturated carbocycles. The Morgan fingerprint density at radius 2 is 2.33 bits per heavy atom. The zero-order valence-corrected chi connectivity index (χ0v) is 10.9. The summed E-state index contributed by atoms with van der Waals surface area (Å²) in [6.45, 7) is 0.506. The van der Waals surface area contributed by atoms with Crippen LogP contribution in [0.3, 0.4) is 0 Å². The van der Waals surface area contributed by atoms with Crippen LogP contribution in [-0.2, 0) is 4.79 Å². The van der Waals surface area contributed by atoms with Crippen molar-refractivity contribution in [2.24, 2.45) is 0 Å². The molecule has 1 fully saturated rings. The first-order chi connectivity index (χ1) is 8.56. The van der Waals surface area contributed by atoms with Crippen molar-refractivity contribution >= 4 is 27.6 Å². The highest BCUT2D eigenvalue weighted by molar-refractivity contribution is 9.10.